The molecule has 0 aliphatic rings. The first kappa shape index (κ1) is 20.5. The third kappa shape index (κ3) is 6.52. The van der Waals surface area contributed by atoms with Crippen molar-refractivity contribution in [3.8, 4) is 0 Å². The molecule has 0 aliphatic carbocycles. The molecular formula is C17H21BrF3N. The van der Waals surface area contributed by atoms with Gasteiger partial charge in [-0.2, -0.15) is 13.2 Å². The largest absolute Gasteiger partial charge is 0.416 e. The molecule has 122 valence electrons. The Labute approximate surface area is 138 Å². The highest BCUT2D eigenvalue weighted by Gasteiger charge is 2.29. The maximum atomic E-state index is 12.4. The lowest BCUT2D eigenvalue weighted by Crippen LogP contribution is -2.04. The lowest BCUT2D eigenvalue weighted by molar-refractivity contribution is -0.137. The molecule has 0 radical (unpaired) electrons. The fourth-order valence-electron chi connectivity index (χ4n) is 1.46. The second-order valence-electron chi connectivity index (χ2n) is 3.68. The summed E-state index contributed by atoms with van der Waals surface area (Å²) in [5, 5.41) is 3.04. The van der Waals surface area contributed by atoms with Crippen molar-refractivity contribution < 1.29 is 13.2 Å². The zero-order chi connectivity index (χ0) is 17.2. The predicted molar refractivity (Wildman–Crippen MR) is 91.6 cm³/mol. The Bertz CT molecular complexity index is 536. The summed E-state index contributed by atoms with van der Waals surface area (Å²) < 4.78 is 38.0. The van der Waals surface area contributed by atoms with E-state index in [2.05, 4.69) is 21.2 Å². The molecule has 0 unspecified atom stereocenters. The molecule has 0 atom stereocenters. The van der Waals surface area contributed by atoms with Crippen LogP contribution in [0.2, 0.25) is 0 Å². The van der Waals surface area contributed by atoms with Gasteiger partial charge in [-0.25, -0.2) is 0 Å². The number of halogens is 4. The van der Waals surface area contributed by atoms with Gasteiger partial charge < -0.3 is 5.32 Å². The topological polar surface area (TPSA) is 12.0 Å². The minimum absolute atomic E-state index is 0.606. The second kappa shape index (κ2) is 10.3. The molecule has 0 aliphatic heterocycles. The van der Waals surface area contributed by atoms with Crippen molar-refractivity contribution >= 4 is 27.3 Å². The summed E-state index contributed by atoms with van der Waals surface area (Å²) in [6.45, 7) is 8.00. The van der Waals surface area contributed by atoms with E-state index >= 15 is 0 Å². The number of hydrogen-bond acceptors (Lipinski definition) is 1. The normalized spacial score (nSPS) is 9.82. The van der Waals surface area contributed by atoms with Gasteiger partial charge in [0.05, 0.1) is 11.3 Å². The first-order valence-corrected chi connectivity index (χ1v) is 7.95. The monoisotopic (exact) mass is 375 g/mol. The van der Waals surface area contributed by atoms with E-state index in [1.54, 1.807) is 0 Å². The molecule has 2 rings (SSSR count). The zero-order valence-corrected chi connectivity index (χ0v) is 14.7. The summed E-state index contributed by atoms with van der Waals surface area (Å²) in [6, 6.07) is 12.3. The number of rotatable bonds is 2. The Balaban J connectivity index is 0.00000102. The van der Waals surface area contributed by atoms with Crippen molar-refractivity contribution in [1.82, 2.24) is 0 Å². The Hall–Kier alpha value is -1.49. The van der Waals surface area contributed by atoms with Gasteiger partial charge in [-0.15, -0.1) is 0 Å². The van der Waals surface area contributed by atoms with Crippen molar-refractivity contribution in [2.45, 2.75) is 33.9 Å². The summed E-state index contributed by atoms with van der Waals surface area (Å²) >= 11 is 3.36. The molecule has 0 fully saturated rings. The molecule has 1 N–H and O–H groups in total. The van der Waals surface area contributed by atoms with Crippen LogP contribution in [0.3, 0.4) is 0 Å². The van der Waals surface area contributed by atoms with Crippen molar-refractivity contribution in [3.05, 3.63) is 58.6 Å². The molecule has 0 amide bonds. The first-order chi connectivity index (χ1) is 10.5. The van der Waals surface area contributed by atoms with Gasteiger partial charge in [0.15, 0.2) is 0 Å². The summed E-state index contributed by atoms with van der Waals surface area (Å²) in [5.74, 6) is 0. The van der Waals surface area contributed by atoms with E-state index in [9.17, 15) is 13.2 Å². The number of benzene rings is 2. The van der Waals surface area contributed by atoms with Crippen LogP contribution < -0.4 is 5.32 Å². The van der Waals surface area contributed by atoms with Crippen LogP contribution in [-0.4, -0.2) is 0 Å². The van der Waals surface area contributed by atoms with E-state index in [1.807, 2.05) is 52.0 Å². The number of nitrogens with one attached hydrogen (secondary N) is 1. The van der Waals surface area contributed by atoms with Crippen molar-refractivity contribution in [1.29, 1.82) is 0 Å². The van der Waals surface area contributed by atoms with E-state index in [-0.39, 0.29) is 0 Å². The molecule has 2 aromatic carbocycles. The summed E-state index contributed by atoms with van der Waals surface area (Å²) in [6.07, 6.45) is -4.30. The second-order valence-corrected chi connectivity index (χ2v) is 4.53. The average Bonchev–Trinajstić information content (AvgIpc) is 2.53. The van der Waals surface area contributed by atoms with E-state index < -0.39 is 11.7 Å². The standard InChI is InChI=1S/C13H9BrF3N.2C2H6/c14-11-3-1-2-4-12(11)18-10-7-5-9(6-8-10)13(15,16)17;2*1-2/h1-8,18H;2*1-2H3. The van der Waals surface area contributed by atoms with Crippen LogP contribution in [0.25, 0.3) is 0 Å². The van der Waals surface area contributed by atoms with Gasteiger partial charge in [0, 0.05) is 10.2 Å². The van der Waals surface area contributed by atoms with Gasteiger partial charge in [0.25, 0.3) is 0 Å². The SMILES string of the molecule is CC.CC.FC(F)(F)c1ccc(Nc2ccccc2Br)cc1. The van der Waals surface area contributed by atoms with Crippen LogP contribution >= 0.6 is 15.9 Å². The molecule has 22 heavy (non-hydrogen) atoms. The lowest BCUT2D eigenvalue weighted by Gasteiger charge is -2.10. The predicted octanol–water partition coefficient (Wildman–Crippen LogP) is 7.26. The molecule has 1 nitrogen and oxygen atoms in total. The highest BCUT2D eigenvalue weighted by atomic mass is 79.9. The van der Waals surface area contributed by atoms with Crippen LogP contribution in [0, 0.1) is 0 Å². The molecule has 0 saturated carbocycles. The van der Waals surface area contributed by atoms with Crippen molar-refractivity contribution in [2.24, 2.45) is 0 Å². The molecule has 0 aromatic heterocycles. The summed E-state index contributed by atoms with van der Waals surface area (Å²) in [5.41, 5.74) is 0.757. The van der Waals surface area contributed by atoms with Gasteiger partial charge in [-0.3, -0.25) is 0 Å². The fourth-order valence-corrected chi connectivity index (χ4v) is 1.84. The van der Waals surface area contributed by atoms with E-state index in [4.69, 9.17) is 0 Å². The minimum atomic E-state index is -4.30. The Morgan fingerprint density at radius 1 is 0.818 bits per heavy atom. The maximum absolute atomic E-state index is 12.4. The first-order valence-electron chi connectivity index (χ1n) is 7.15. The molecule has 0 spiro atoms. The zero-order valence-electron chi connectivity index (χ0n) is 13.1. The maximum Gasteiger partial charge on any atom is 0.416 e. The van der Waals surface area contributed by atoms with Gasteiger partial charge in [-0.05, 0) is 52.3 Å². The van der Waals surface area contributed by atoms with Crippen LogP contribution in [0.15, 0.2) is 53.0 Å². The van der Waals surface area contributed by atoms with Gasteiger partial charge in [0.1, 0.15) is 0 Å². The highest BCUT2D eigenvalue weighted by molar-refractivity contribution is 9.10. The van der Waals surface area contributed by atoms with Gasteiger partial charge in [-0.1, -0.05) is 39.8 Å². The van der Waals surface area contributed by atoms with Crippen LogP contribution in [0.5, 0.6) is 0 Å². The Kier molecular flexibility index (Phi) is 9.58. The van der Waals surface area contributed by atoms with Crippen molar-refractivity contribution in [2.75, 3.05) is 5.32 Å². The summed E-state index contributed by atoms with van der Waals surface area (Å²) in [7, 11) is 0. The third-order valence-corrected chi connectivity index (χ3v) is 3.06. The van der Waals surface area contributed by atoms with E-state index in [1.165, 1.54) is 12.1 Å². The minimum Gasteiger partial charge on any atom is -0.355 e. The van der Waals surface area contributed by atoms with Crippen LogP contribution in [-0.2, 0) is 6.18 Å². The molecule has 5 heteroatoms. The quantitative estimate of drug-likeness (QED) is 0.581. The number of para-hydroxylation sites is 1. The molecular weight excluding hydrogens is 355 g/mol. The molecule has 2 aromatic rings. The molecule has 0 bridgehead atoms. The summed E-state index contributed by atoms with van der Waals surface area (Å²) in [4.78, 5) is 0. The number of anilines is 2. The Morgan fingerprint density at radius 3 is 1.77 bits per heavy atom. The van der Waals surface area contributed by atoms with Crippen LogP contribution in [0.4, 0.5) is 24.5 Å². The average molecular weight is 376 g/mol. The van der Waals surface area contributed by atoms with Gasteiger partial charge in [0.2, 0.25) is 0 Å². The molecule has 0 saturated heterocycles. The lowest BCUT2D eigenvalue weighted by atomic mass is 10.2. The number of alkyl halides is 3. The highest BCUT2D eigenvalue weighted by Crippen LogP contribution is 2.31. The molecule has 0 heterocycles. The number of hydrogen-bond donors (Lipinski definition) is 1. The van der Waals surface area contributed by atoms with Crippen LogP contribution in [0.1, 0.15) is 33.3 Å². The van der Waals surface area contributed by atoms with E-state index in [0.717, 1.165) is 22.3 Å². The van der Waals surface area contributed by atoms with Gasteiger partial charge >= 0.3 is 6.18 Å². The van der Waals surface area contributed by atoms with E-state index in [0.29, 0.717) is 5.69 Å². The smallest absolute Gasteiger partial charge is 0.355 e. The third-order valence-electron chi connectivity index (χ3n) is 2.37. The fraction of sp³-hybridized carbons (Fsp3) is 0.294. The Morgan fingerprint density at radius 2 is 1.32 bits per heavy atom. The van der Waals surface area contributed by atoms with Crippen molar-refractivity contribution in [3.63, 3.8) is 0 Å².